The highest BCUT2D eigenvalue weighted by molar-refractivity contribution is 5.92. The van der Waals surface area contributed by atoms with E-state index in [1.807, 2.05) is 18.2 Å². The van der Waals surface area contributed by atoms with E-state index < -0.39 is 0 Å². The maximum atomic E-state index is 11.2. The number of benzene rings is 1. The van der Waals surface area contributed by atoms with E-state index in [0.717, 1.165) is 12.1 Å². The summed E-state index contributed by atoms with van der Waals surface area (Å²) in [7, 11) is 0. The number of likely N-dealkylation sites (tertiary alicyclic amines) is 1. The summed E-state index contributed by atoms with van der Waals surface area (Å²) in [5.74, 6) is -0.360. The molecule has 0 aliphatic carbocycles. The Hall–Kier alpha value is -1.39. The first-order chi connectivity index (χ1) is 10.2. The predicted octanol–water partition coefficient (Wildman–Crippen LogP) is 2.14. The summed E-state index contributed by atoms with van der Waals surface area (Å²) in [4.78, 5) is 13.7. The molecule has 1 aliphatic heterocycles. The Labute approximate surface area is 127 Å². The molecule has 0 atom stereocenters. The van der Waals surface area contributed by atoms with E-state index in [1.165, 1.54) is 45.3 Å². The topological polar surface area (TPSA) is 58.4 Å². The maximum absolute atomic E-state index is 11.2. The van der Waals surface area contributed by atoms with Crippen LogP contribution in [0.15, 0.2) is 24.3 Å². The van der Waals surface area contributed by atoms with Crippen LogP contribution < -0.4 is 11.1 Å². The molecule has 2 rings (SSSR count). The van der Waals surface area contributed by atoms with Gasteiger partial charge in [-0.2, -0.15) is 0 Å². The Kier molecular flexibility index (Phi) is 6.21. The second kappa shape index (κ2) is 8.15. The van der Waals surface area contributed by atoms with Crippen molar-refractivity contribution in [2.45, 2.75) is 45.2 Å². The van der Waals surface area contributed by atoms with Crippen molar-refractivity contribution in [3.63, 3.8) is 0 Å². The molecule has 0 saturated carbocycles. The molecule has 116 valence electrons. The van der Waals surface area contributed by atoms with Crippen molar-refractivity contribution in [1.82, 2.24) is 10.2 Å². The monoisotopic (exact) mass is 289 g/mol. The van der Waals surface area contributed by atoms with Gasteiger partial charge >= 0.3 is 0 Å². The molecule has 0 radical (unpaired) electrons. The number of carbonyl (C=O) groups excluding carboxylic acids is 1. The fourth-order valence-corrected chi connectivity index (χ4v) is 2.84. The van der Waals surface area contributed by atoms with E-state index in [2.05, 4.69) is 17.1 Å². The van der Waals surface area contributed by atoms with Gasteiger partial charge in [-0.15, -0.1) is 0 Å². The SMILES string of the molecule is CCCCN1CCC(NCc2cccc(C(N)=O)c2)CC1. The second-order valence-corrected chi connectivity index (χ2v) is 5.91. The fourth-order valence-electron chi connectivity index (χ4n) is 2.84. The van der Waals surface area contributed by atoms with Crippen molar-refractivity contribution in [1.29, 1.82) is 0 Å². The lowest BCUT2D eigenvalue weighted by Gasteiger charge is -2.32. The van der Waals surface area contributed by atoms with Gasteiger partial charge in [0, 0.05) is 18.2 Å². The predicted molar refractivity (Wildman–Crippen MR) is 86.2 cm³/mol. The van der Waals surface area contributed by atoms with Gasteiger partial charge in [-0.05, 0) is 56.6 Å². The molecule has 1 aromatic carbocycles. The van der Waals surface area contributed by atoms with Gasteiger partial charge in [0.2, 0.25) is 5.91 Å². The zero-order chi connectivity index (χ0) is 15.1. The molecule has 3 N–H and O–H groups in total. The smallest absolute Gasteiger partial charge is 0.248 e. The van der Waals surface area contributed by atoms with E-state index in [-0.39, 0.29) is 5.91 Å². The van der Waals surface area contributed by atoms with Crippen LogP contribution in [0.25, 0.3) is 0 Å². The Morgan fingerprint density at radius 1 is 1.38 bits per heavy atom. The zero-order valence-corrected chi connectivity index (χ0v) is 13.0. The fraction of sp³-hybridized carbons (Fsp3) is 0.588. The summed E-state index contributed by atoms with van der Waals surface area (Å²) < 4.78 is 0. The van der Waals surface area contributed by atoms with Crippen molar-refractivity contribution in [2.24, 2.45) is 5.73 Å². The van der Waals surface area contributed by atoms with Crippen LogP contribution in [0.4, 0.5) is 0 Å². The Morgan fingerprint density at radius 2 is 2.14 bits per heavy atom. The third-order valence-electron chi connectivity index (χ3n) is 4.22. The summed E-state index contributed by atoms with van der Waals surface area (Å²) in [6, 6.07) is 8.16. The van der Waals surface area contributed by atoms with E-state index in [4.69, 9.17) is 5.73 Å². The molecule has 1 fully saturated rings. The van der Waals surface area contributed by atoms with Crippen LogP contribution in [-0.4, -0.2) is 36.5 Å². The number of nitrogens with one attached hydrogen (secondary N) is 1. The molecule has 1 aromatic rings. The Morgan fingerprint density at radius 3 is 2.81 bits per heavy atom. The van der Waals surface area contributed by atoms with Gasteiger partial charge in [0.1, 0.15) is 0 Å². The lowest BCUT2D eigenvalue weighted by Crippen LogP contribution is -2.42. The summed E-state index contributed by atoms with van der Waals surface area (Å²) >= 11 is 0. The lowest BCUT2D eigenvalue weighted by molar-refractivity contribution is 0.1000. The lowest BCUT2D eigenvalue weighted by atomic mass is 10.0. The number of amides is 1. The number of nitrogens with zero attached hydrogens (tertiary/aromatic N) is 1. The number of nitrogens with two attached hydrogens (primary N) is 1. The third-order valence-corrected chi connectivity index (χ3v) is 4.22. The summed E-state index contributed by atoms with van der Waals surface area (Å²) in [5, 5.41) is 3.60. The number of hydrogen-bond acceptors (Lipinski definition) is 3. The molecule has 21 heavy (non-hydrogen) atoms. The first kappa shape index (κ1) is 16.0. The zero-order valence-electron chi connectivity index (χ0n) is 13.0. The van der Waals surface area contributed by atoms with E-state index in [0.29, 0.717) is 11.6 Å². The van der Waals surface area contributed by atoms with Crippen LogP contribution >= 0.6 is 0 Å². The molecular weight excluding hydrogens is 262 g/mol. The quantitative estimate of drug-likeness (QED) is 0.808. The number of unbranched alkanes of at least 4 members (excludes halogenated alkanes) is 1. The van der Waals surface area contributed by atoms with Crippen LogP contribution in [-0.2, 0) is 6.54 Å². The molecule has 0 aromatic heterocycles. The van der Waals surface area contributed by atoms with Gasteiger partial charge in [0.15, 0.2) is 0 Å². The molecule has 4 heteroatoms. The van der Waals surface area contributed by atoms with Gasteiger partial charge in [-0.1, -0.05) is 25.5 Å². The normalized spacial score (nSPS) is 17.0. The van der Waals surface area contributed by atoms with Crippen molar-refractivity contribution in [2.75, 3.05) is 19.6 Å². The van der Waals surface area contributed by atoms with Gasteiger partial charge in [-0.25, -0.2) is 0 Å². The standard InChI is InChI=1S/C17H27N3O/c1-2-3-9-20-10-7-16(8-11-20)19-13-14-5-4-6-15(12-14)17(18)21/h4-6,12,16,19H,2-3,7-11,13H2,1H3,(H2,18,21). The molecule has 1 aliphatic rings. The minimum Gasteiger partial charge on any atom is -0.366 e. The minimum absolute atomic E-state index is 0.360. The van der Waals surface area contributed by atoms with Crippen LogP contribution in [0, 0.1) is 0 Å². The number of primary amides is 1. The first-order valence-electron chi connectivity index (χ1n) is 8.03. The molecule has 0 spiro atoms. The Balaban J connectivity index is 1.74. The van der Waals surface area contributed by atoms with Crippen molar-refractivity contribution >= 4 is 5.91 Å². The molecule has 0 unspecified atom stereocenters. The van der Waals surface area contributed by atoms with E-state index in [9.17, 15) is 4.79 Å². The van der Waals surface area contributed by atoms with Crippen molar-refractivity contribution < 1.29 is 4.79 Å². The third kappa shape index (κ3) is 5.14. The number of carbonyl (C=O) groups is 1. The highest BCUT2D eigenvalue weighted by Gasteiger charge is 2.18. The van der Waals surface area contributed by atoms with E-state index in [1.54, 1.807) is 6.07 Å². The summed E-state index contributed by atoms with van der Waals surface area (Å²) in [5.41, 5.74) is 7.02. The van der Waals surface area contributed by atoms with Crippen molar-refractivity contribution in [3.8, 4) is 0 Å². The van der Waals surface area contributed by atoms with Crippen LogP contribution in [0.2, 0.25) is 0 Å². The van der Waals surface area contributed by atoms with Crippen LogP contribution in [0.5, 0.6) is 0 Å². The molecule has 1 saturated heterocycles. The first-order valence-corrected chi connectivity index (χ1v) is 8.03. The molecule has 1 amide bonds. The number of rotatable bonds is 7. The highest BCUT2D eigenvalue weighted by atomic mass is 16.1. The largest absolute Gasteiger partial charge is 0.366 e. The van der Waals surface area contributed by atoms with Crippen molar-refractivity contribution in [3.05, 3.63) is 35.4 Å². The number of piperidine rings is 1. The molecule has 1 heterocycles. The van der Waals surface area contributed by atoms with Crippen LogP contribution in [0.1, 0.15) is 48.5 Å². The second-order valence-electron chi connectivity index (χ2n) is 5.91. The highest BCUT2D eigenvalue weighted by Crippen LogP contribution is 2.12. The van der Waals surface area contributed by atoms with Gasteiger partial charge in [0.05, 0.1) is 0 Å². The average Bonchev–Trinajstić information content (AvgIpc) is 2.52. The van der Waals surface area contributed by atoms with Gasteiger partial charge < -0.3 is 16.0 Å². The van der Waals surface area contributed by atoms with Crippen LogP contribution in [0.3, 0.4) is 0 Å². The minimum atomic E-state index is -0.360. The summed E-state index contributed by atoms with van der Waals surface area (Å²) in [6.45, 7) is 6.68. The number of hydrogen-bond donors (Lipinski definition) is 2. The maximum Gasteiger partial charge on any atom is 0.248 e. The van der Waals surface area contributed by atoms with Gasteiger partial charge in [-0.3, -0.25) is 4.79 Å². The molecule has 4 nitrogen and oxygen atoms in total. The molecular formula is C17H27N3O. The van der Waals surface area contributed by atoms with E-state index >= 15 is 0 Å². The Bertz CT molecular complexity index is 453. The molecule has 0 bridgehead atoms. The summed E-state index contributed by atoms with van der Waals surface area (Å²) in [6.07, 6.45) is 4.99. The van der Waals surface area contributed by atoms with Gasteiger partial charge in [0.25, 0.3) is 0 Å². The average molecular weight is 289 g/mol.